The van der Waals surface area contributed by atoms with Crippen molar-refractivity contribution in [3.63, 3.8) is 0 Å². The maximum absolute atomic E-state index is 3.65. The molecule has 1 heterocycles. The van der Waals surface area contributed by atoms with Gasteiger partial charge >= 0.3 is 0 Å². The van der Waals surface area contributed by atoms with Crippen LogP contribution in [0.2, 0.25) is 0 Å². The number of nitrogens with one attached hydrogen (secondary N) is 1. The van der Waals surface area contributed by atoms with Crippen molar-refractivity contribution in [3.05, 3.63) is 0 Å². The van der Waals surface area contributed by atoms with Gasteiger partial charge in [-0.2, -0.15) is 0 Å². The van der Waals surface area contributed by atoms with E-state index in [4.69, 9.17) is 0 Å². The topological polar surface area (TPSA) is 15.3 Å². The lowest BCUT2D eigenvalue weighted by atomic mass is 9.94. The summed E-state index contributed by atoms with van der Waals surface area (Å²) in [5.41, 5.74) is 0. The van der Waals surface area contributed by atoms with Gasteiger partial charge in [0.1, 0.15) is 0 Å². The van der Waals surface area contributed by atoms with Crippen LogP contribution in [0.5, 0.6) is 0 Å². The van der Waals surface area contributed by atoms with Crippen molar-refractivity contribution in [1.29, 1.82) is 0 Å². The van der Waals surface area contributed by atoms with Gasteiger partial charge in [0.25, 0.3) is 0 Å². The molecule has 17 heavy (non-hydrogen) atoms. The van der Waals surface area contributed by atoms with Crippen LogP contribution in [-0.2, 0) is 0 Å². The Morgan fingerprint density at radius 1 is 1.06 bits per heavy atom. The zero-order valence-corrected chi connectivity index (χ0v) is 11.8. The average molecular weight is 238 g/mol. The summed E-state index contributed by atoms with van der Waals surface area (Å²) in [6, 6.07) is 1.74. The number of likely N-dealkylation sites (tertiary alicyclic amines) is 1. The Morgan fingerprint density at radius 3 is 2.53 bits per heavy atom. The van der Waals surface area contributed by atoms with Crippen LogP contribution in [0.4, 0.5) is 0 Å². The third-order valence-electron chi connectivity index (χ3n) is 4.40. The molecule has 100 valence electrons. The SMILES string of the molecule is CC(C)CNCC1CCCN1C1CCCCC1. The van der Waals surface area contributed by atoms with Crippen LogP contribution < -0.4 is 5.32 Å². The molecule has 2 fully saturated rings. The molecule has 2 aliphatic rings. The molecule has 0 amide bonds. The minimum atomic E-state index is 0.777. The lowest BCUT2D eigenvalue weighted by Crippen LogP contribution is -2.45. The maximum Gasteiger partial charge on any atom is 0.0224 e. The molecule has 2 heteroatoms. The lowest BCUT2D eigenvalue weighted by Gasteiger charge is -2.35. The molecule has 1 aliphatic carbocycles. The molecular weight excluding hydrogens is 208 g/mol. The van der Waals surface area contributed by atoms with E-state index in [0.29, 0.717) is 0 Å². The van der Waals surface area contributed by atoms with Crippen LogP contribution in [0.15, 0.2) is 0 Å². The summed E-state index contributed by atoms with van der Waals surface area (Å²) in [5, 5.41) is 3.65. The van der Waals surface area contributed by atoms with Crippen molar-refractivity contribution < 1.29 is 0 Å². The zero-order valence-electron chi connectivity index (χ0n) is 11.8. The summed E-state index contributed by atoms with van der Waals surface area (Å²) in [6.07, 6.45) is 10.2. The van der Waals surface area contributed by atoms with Crippen molar-refractivity contribution in [2.45, 2.75) is 70.9 Å². The fourth-order valence-corrected chi connectivity index (χ4v) is 3.51. The second kappa shape index (κ2) is 6.75. The summed E-state index contributed by atoms with van der Waals surface area (Å²) in [5.74, 6) is 0.777. The summed E-state index contributed by atoms with van der Waals surface area (Å²) in [7, 11) is 0. The monoisotopic (exact) mass is 238 g/mol. The highest BCUT2D eigenvalue weighted by atomic mass is 15.2. The molecule has 0 spiro atoms. The largest absolute Gasteiger partial charge is 0.315 e. The normalized spacial score (nSPS) is 28.1. The van der Waals surface area contributed by atoms with E-state index in [1.54, 1.807) is 0 Å². The van der Waals surface area contributed by atoms with E-state index in [9.17, 15) is 0 Å². The first-order valence-electron chi connectivity index (χ1n) is 7.74. The Balaban J connectivity index is 1.75. The van der Waals surface area contributed by atoms with E-state index in [0.717, 1.165) is 18.0 Å². The molecule has 0 aromatic heterocycles. The van der Waals surface area contributed by atoms with Crippen LogP contribution in [0.3, 0.4) is 0 Å². The second-order valence-corrected chi connectivity index (χ2v) is 6.38. The number of hydrogen-bond donors (Lipinski definition) is 1. The molecule has 0 aromatic carbocycles. The van der Waals surface area contributed by atoms with E-state index >= 15 is 0 Å². The van der Waals surface area contributed by atoms with E-state index in [2.05, 4.69) is 24.1 Å². The molecule has 0 bridgehead atoms. The van der Waals surface area contributed by atoms with Gasteiger partial charge in [0.05, 0.1) is 0 Å². The van der Waals surface area contributed by atoms with Gasteiger partial charge in [-0.15, -0.1) is 0 Å². The maximum atomic E-state index is 3.65. The van der Waals surface area contributed by atoms with Crippen LogP contribution in [0.1, 0.15) is 58.8 Å². The van der Waals surface area contributed by atoms with Gasteiger partial charge in [0.15, 0.2) is 0 Å². The highest BCUT2D eigenvalue weighted by Gasteiger charge is 2.30. The van der Waals surface area contributed by atoms with Crippen molar-refractivity contribution in [1.82, 2.24) is 10.2 Å². The van der Waals surface area contributed by atoms with E-state index < -0.39 is 0 Å². The van der Waals surface area contributed by atoms with Gasteiger partial charge in [-0.1, -0.05) is 33.1 Å². The highest BCUT2D eigenvalue weighted by molar-refractivity contribution is 4.87. The van der Waals surface area contributed by atoms with E-state index in [1.807, 2.05) is 0 Å². The molecule has 1 atom stereocenters. The molecule has 2 nitrogen and oxygen atoms in total. The van der Waals surface area contributed by atoms with Gasteiger partial charge in [-0.05, 0) is 44.7 Å². The fraction of sp³-hybridized carbons (Fsp3) is 1.00. The van der Waals surface area contributed by atoms with E-state index in [1.165, 1.54) is 64.6 Å². The van der Waals surface area contributed by atoms with Gasteiger partial charge in [-0.25, -0.2) is 0 Å². The standard InChI is InChI=1S/C15H30N2/c1-13(2)11-16-12-15-9-6-10-17(15)14-7-4-3-5-8-14/h13-16H,3-12H2,1-2H3. The van der Waals surface area contributed by atoms with Gasteiger partial charge < -0.3 is 5.32 Å². The van der Waals surface area contributed by atoms with Crippen LogP contribution in [0, 0.1) is 5.92 Å². The third kappa shape index (κ3) is 3.96. The summed E-state index contributed by atoms with van der Waals surface area (Å²) in [6.45, 7) is 8.34. The Kier molecular flexibility index (Phi) is 5.30. The first-order valence-corrected chi connectivity index (χ1v) is 7.74. The van der Waals surface area contributed by atoms with Crippen molar-refractivity contribution in [2.75, 3.05) is 19.6 Å². The number of nitrogens with zero attached hydrogens (tertiary/aromatic N) is 1. The van der Waals surface area contributed by atoms with Crippen molar-refractivity contribution in [3.8, 4) is 0 Å². The Bertz CT molecular complexity index is 209. The number of rotatable bonds is 5. The van der Waals surface area contributed by atoms with Crippen LogP contribution in [-0.4, -0.2) is 36.6 Å². The molecule has 1 N–H and O–H groups in total. The molecule has 1 aliphatic heterocycles. The van der Waals surface area contributed by atoms with Crippen LogP contribution >= 0.6 is 0 Å². The molecule has 2 rings (SSSR count). The average Bonchev–Trinajstić information content (AvgIpc) is 2.78. The third-order valence-corrected chi connectivity index (χ3v) is 4.40. The number of hydrogen-bond acceptors (Lipinski definition) is 2. The molecule has 0 radical (unpaired) electrons. The minimum Gasteiger partial charge on any atom is -0.315 e. The van der Waals surface area contributed by atoms with Crippen molar-refractivity contribution in [2.24, 2.45) is 5.92 Å². The Labute approximate surface area is 107 Å². The Hall–Kier alpha value is -0.0800. The first kappa shape index (κ1) is 13.4. The Morgan fingerprint density at radius 2 is 1.82 bits per heavy atom. The summed E-state index contributed by atoms with van der Waals surface area (Å²) >= 11 is 0. The lowest BCUT2D eigenvalue weighted by molar-refractivity contribution is 0.140. The fourth-order valence-electron chi connectivity index (χ4n) is 3.51. The molecule has 0 aromatic rings. The molecule has 1 saturated carbocycles. The van der Waals surface area contributed by atoms with Gasteiger partial charge in [0.2, 0.25) is 0 Å². The molecule has 1 unspecified atom stereocenters. The molecular formula is C15H30N2. The highest BCUT2D eigenvalue weighted by Crippen LogP contribution is 2.28. The van der Waals surface area contributed by atoms with Crippen molar-refractivity contribution >= 4 is 0 Å². The zero-order chi connectivity index (χ0) is 12.1. The molecule has 1 saturated heterocycles. The smallest absolute Gasteiger partial charge is 0.0224 e. The summed E-state index contributed by atoms with van der Waals surface area (Å²) < 4.78 is 0. The predicted molar refractivity (Wildman–Crippen MR) is 74.3 cm³/mol. The van der Waals surface area contributed by atoms with E-state index in [-0.39, 0.29) is 0 Å². The first-order chi connectivity index (χ1) is 8.27. The summed E-state index contributed by atoms with van der Waals surface area (Å²) in [4.78, 5) is 2.83. The van der Waals surface area contributed by atoms with Crippen LogP contribution in [0.25, 0.3) is 0 Å². The minimum absolute atomic E-state index is 0.777. The van der Waals surface area contributed by atoms with Gasteiger partial charge in [0, 0.05) is 18.6 Å². The quantitative estimate of drug-likeness (QED) is 0.792. The van der Waals surface area contributed by atoms with Gasteiger partial charge in [-0.3, -0.25) is 4.90 Å². The predicted octanol–water partition coefficient (Wildman–Crippen LogP) is 3.03. The second-order valence-electron chi connectivity index (χ2n) is 6.38.